The highest BCUT2D eigenvalue weighted by Gasteiger charge is 2.17. The molecule has 1 amide bonds. The Bertz CT molecular complexity index is 856. The minimum Gasteiger partial charge on any atom is -0.497 e. The summed E-state index contributed by atoms with van der Waals surface area (Å²) in [5.41, 5.74) is 2.28. The predicted octanol–water partition coefficient (Wildman–Crippen LogP) is 1.52. The molecule has 10 heteroatoms. The van der Waals surface area contributed by atoms with Gasteiger partial charge < -0.3 is 9.47 Å². The molecule has 0 atom stereocenters. The molecule has 2 rings (SSSR count). The van der Waals surface area contributed by atoms with Gasteiger partial charge in [-0.15, -0.1) is 0 Å². The molecule has 0 saturated carbocycles. The Kier molecular flexibility index (Phi) is 6.07. The van der Waals surface area contributed by atoms with Gasteiger partial charge >= 0.3 is 0 Å². The van der Waals surface area contributed by atoms with E-state index in [1.165, 1.54) is 25.3 Å². The Morgan fingerprint density at radius 1 is 1.20 bits per heavy atom. The molecule has 2 aromatic rings. The second kappa shape index (κ2) is 8.06. The van der Waals surface area contributed by atoms with Gasteiger partial charge in [0.25, 0.3) is 15.9 Å². The molecule has 0 aliphatic carbocycles. The van der Waals surface area contributed by atoms with E-state index in [0.717, 1.165) is 0 Å². The second-order valence-electron chi connectivity index (χ2n) is 4.78. The Hall–Kier alpha value is -2.49. The number of nitrogens with two attached hydrogens (primary N) is 1. The number of halogens is 1. The third-order valence-electron chi connectivity index (χ3n) is 3.08. The predicted molar refractivity (Wildman–Crippen MR) is 93.1 cm³/mol. The summed E-state index contributed by atoms with van der Waals surface area (Å²) in [5.74, 6) is 5.16. The number of benzene rings is 2. The molecule has 25 heavy (non-hydrogen) atoms. The topological polar surface area (TPSA) is 120 Å². The number of methoxy groups -OCH3 is 1. The third kappa shape index (κ3) is 4.99. The van der Waals surface area contributed by atoms with Crippen LogP contribution < -0.4 is 25.5 Å². The molecule has 0 spiro atoms. The van der Waals surface area contributed by atoms with Crippen LogP contribution in [0.15, 0.2) is 47.4 Å². The van der Waals surface area contributed by atoms with E-state index in [-0.39, 0.29) is 22.3 Å². The maximum Gasteiger partial charge on any atom is 0.271 e. The maximum absolute atomic E-state index is 12.4. The first-order chi connectivity index (χ1) is 11.9. The highest BCUT2D eigenvalue weighted by atomic mass is 35.5. The fraction of sp³-hybridized carbons (Fsp3) is 0.133. The smallest absolute Gasteiger partial charge is 0.271 e. The van der Waals surface area contributed by atoms with Gasteiger partial charge in [-0.25, -0.2) is 14.3 Å². The normalized spacial score (nSPS) is 10.8. The van der Waals surface area contributed by atoms with E-state index in [1.54, 1.807) is 24.3 Å². The molecule has 0 radical (unpaired) electrons. The van der Waals surface area contributed by atoms with Crippen molar-refractivity contribution in [2.24, 2.45) is 5.84 Å². The van der Waals surface area contributed by atoms with Crippen LogP contribution in [0.5, 0.6) is 11.5 Å². The van der Waals surface area contributed by atoms with Gasteiger partial charge in [0.15, 0.2) is 6.61 Å². The standard InChI is InChI=1S/C15H16ClN3O5S/c1-23-11-4-2-10(3-5-11)19-25(21,22)12-6-7-14(13(16)8-12)24-9-15(20)18-17/h2-8,19H,9,17H2,1H3,(H,18,20). The lowest BCUT2D eigenvalue weighted by atomic mass is 10.3. The van der Waals surface area contributed by atoms with Crippen LogP contribution in [0, 0.1) is 0 Å². The van der Waals surface area contributed by atoms with Crippen LogP contribution >= 0.6 is 11.6 Å². The van der Waals surface area contributed by atoms with Gasteiger partial charge in [-0.3, -0.25) is 14.9 Å². The summed E-state index contributed by atoms with van der Waals surface area (Å²) >= 11 is 6.01. The van der Waals surface area contributed by atoms with Crippen molar-refractivity contribution < 1.29 is 22.7 Å². The van der Waals surface area contributed by atoms with Crippen molar-refractivity contribution in [3.63, 3.8) is 0 Å². The van der Waals surface area contributed by atoms with Gasteiger partial charge in [0, 0.05) is 5.69 Å². The van der Waals surface area contributed by atoms with Gasteiger partial charge in [0.1, 0.15) is 11.5 Å². The van der Waals surface area contributed by atoms with Crippen LogP contribution in [0.4, 0.5) is 5.69 Å². The van der Waals surface area contributed by atoms with E-state index in [9.17, 15) is 13.2 Å². The number of ether oxygens (including phenoxy) is 2. The third-order valence-corrected chi connectivity index (χ3v) is 4.75. The average molecular weight is 386 g/mol. The van der Waals surface area contributed by atoms with E-state index in [1.807, 2.05) is 5.43 Å². The molecule has 0 fully saturated rings. The van der Waals surface area contributed by atoms with Crippen molar-refractivity contribution in [1.29, 1.82) is 0 Å². The molecule has 2 aromatic carbocycles. The Morgan fingerprint density at radius 2 is 1.88 bits per heavy atom. The fourth-order valence-corrected chi connectivity index (χ4v) is 3.21. The van der Waals surface area contributed by atoms with Crippen LogP contribution in [0.2, 0.25) is 5.02 Å². The molecular formula is C15H16ClN3O5S. The first-order valence-electron chi connectivity index (χ1n) is 6.94. The van der Waals surface area contributed by atoms with Gasteiger partial charge in [-0.1, -0.05) is 11.6 Å². The summed E-state index contributed by atoms with van der Waals surface area (Å²) in [5, 5.41) is 0.0439. The highest BCUT2D eigenvalue weighted by molar-refractivity contribution is 7.92. The zero-order chi connectivity index (χ0) is 18.4. The van der Waals surface area contributed by atoms with E-state index in [0.29, 0.717) is 11.4 Å². The van der Waals surface area contributed by atoms with Crippen molar-refractivity contribution in [3.05, 3.63) is 47.5 Å². The Balaban J connectivity index is 2.15. The number of amides is 1. The lowest BCUT2D eigenvalue weighted by molar-refractivity contribution is -0.123. The summed E-state index contributed by atoms with van der Waals surface area (Å²) in [6, 6.07) is 10.3. The van der Waals surface area contributed by atoms with Crippen LogP contribution in [-0.2, 0) is 14.8 Å². The number of hydrogen-bond acceptors (Lipinski definition) is 6. The summed E-state index contributed by atoms with van der Waals surface area (Å²) in [6.07, 6.45) is 0. The van der Waals surface area contributed by atoms with Crippen molar-refractivity contribution in [3.8, 4) is 11.5 Å². The average Bonchev–Trinajstić information content (AvgIpc) is 2.60. The minimum absolute atomic E-state index is 0.0439. The van der Waals surface area contributed by atoms with E-state index >= 15 is 0 Å². The second-order valence-corrected chi connectivity index (χ2v) is 6.87. The monoisotopic (exact) mass is 385 g/mol. The van der Waals surface area contributed by atoms with Crippen molar-refractivity contribution in [1.82, 2.24) is 5.43 Å². The quantitative estimate of drug-likeness (QED) is 0.377. The molecule has 4 N–H and O–H groups in total. The number of hydrogen-bond donors (Lipinski definition) is 3. The fourth-order valence-electron chi connectivity index (χ4n) is 1.82. The minimum atomic E-state index is -3.84. The number of nitrogens with one attached hydrogen (secondary N) is 2. The number of rotatable bonds is 7. The number of anilines is 1. The lowest BCUT2D eigenvalue weighted by Gasteiger charge is -2.11. The zero-order valence-corrected chi connectivity index (χ0v) is 14.7. The number of sulfonamides is 1. The molecule has 0 heterocycles. The molecule has 0 bridgehead atoms. The molecule has 134 valence electrons. The van der Waals surface area contributed by atoms with E-state index in [2.05, 4.69) is 4.72 Å². The van der Waals surface area contributed by atoms with Crippen LogP contribution in [0.25, 0.3) is 0 Å². The molecule has 0 aromatic heterocycles. The molecule has 0 saturated heterocycles. The SMILES string of the molecule is COc1ccc(NS(=O)(=O)c2ccc(OCC(=O)NN)c(Cl)c2)cc1. The summed E-state index contributed by atoms with van der Waals surface area (Å²) < 4.78 is 37.4. The Morgan fingerprint density at radius 3 is 2.44 bits per heavy atom. The molecular weight excluding hydrogens is 370 g/mol. The first-order valence-corrected chi connectivity index (χ1v) is 8.80. The first kappa shape index (κ1) is 18.8. The summed E-state index contributed by atoms with van der Waals surface area (Å²) in [4.78, 5) is 11.0. The van der Waals surface area contributed by atoms with Gasteiger partial charge in [-0.2, -0.15) is 0 Å². The Labute approximate surface area is 149 Å². The van der Waals surface area contributed by atoms with Crippen molar-refractivity contribution >= 4 is 33.2 Å². The highest BCUT2D eigenvalue weighted by Crippen LogP contribution is 2.28. The lowest BCUT2D eigenvalue weighted by Crippen LogP contribution is -2.34. The van der Waals surface area contributed by atoms with Gasteiger partial charge in [-0.05, 0) is 42.5 Å². The zero-order valence-electron chi connectivity index (χ0n) is 13.2. The number of hydrazine groups is 1. The number of carbonyl (C=O) groups is 1. The molecule has 0 aliphatic rings. The van der Waals surface area contributed by atoms with Crippen molar-refractivity contribution in [2.75, 3.05) is 18.4 Å². The van der Waals surface area contributed by atoms with Crippen molar-refractivity contribution in [2.45, 2.75) is 4.90 Å². The molecule has 8 nitrogen and oxygen atoms in total. The molecule has 0 unspecified atom stereocenters. The van der Waals surface area contributed by atoms with Crippen LogP contribution in [-0.4, -0.2) is 28.0 Å². The number of carbonyl (C=O) groups excluding carboxylic acids is 1. The summed E-state index contributed by atoms with van der Waals surface area (Å²) in [6.45, 7) is -0.341. The van der Waals surface area contributed by atoms with Gasteiger partial charge in [0.05, 0.1) is 17.0 Å². The van der Waals surface area contributed by atoms with Crippen LogP contribution in [0.1, 0.15) is 0 Å². The van der Waals surface area contributed by atoms with E-state index < -0.39 is 15.9 Å². The maximum atomic E-state index is 12.4. The van der Waals surface area contributed by atoms with Gasteiger partial charge in [0.2, 0.25) is 0 Å². The van der Waals surface area contributed by atoms with E-state index in [4.69, 9.17) is 26.9 Å². The summed E-state index contributed by atoms with van der Waals surface area (Å²) in [7, 11) is -2.32. The van der Waals surface area contributed by atoms with Crippen LogP contribution in [0.3, 0.4) is 0 Å². The molecule has 0 aliphatic heterocycles. The largest absolute Gasteiger partial charge is 0.497 e.